The Hall–Kier alpha value is -3.56. The average Bonchev–Trinajstić information content (AvgIpc) is 3.51. The number of carbonyl (C=O) groups excluding carboxylic acids is 1. The van der Waals surface area contributed by atoms with Gasteiger partial charge in [0.05, 0.1) is 24.2 Å². The summed E-state index contributed by atoms with van der Waals surface area (Å²) >= 11 is 0. The fourth-order valence-electron chi connectivity index (χ4n) is 4.06. The van der Waals surface area contributed by atoms with Crippen molar-refractivity contribution >= 4 is 16.9 Å². The third-order valence-electron chi connectivity index (χ3n) is 5.82. The van der Waals surface area contributed by atoms with E-state index in [4.69, 9.17) is 24.1 Å². The number of aliphatic hydroxyl groups is 1. The van der Waals surface area contributed by atoms with E-state index in [-0.39, 0.29) is 37.5 Å². The summed E-state index contributed by atoms with van der Waals surface area (Å²) in [6.07, 6.45) is 3.16. The fraction of sp³-hybridized carbons (Fsp3) is 0.360. The van der Waals surface area contributed by atoms with Gasteiger partial charge in [0.2, 0.25) is 13.1 Å². The SMILES string of the molecule is O=C(NCc1nc2ccccc2[nH]1)C1=C[C@H](c2ccc3c(c2)OCO3)C[C@H](OCCCCO)O1. The van der Waals surface area contributed by atoms with Gasteiger partial charge in [-0.3, -0.25) is 4.79 Å². The molecule has 1 aromatic heterocycles. The smallest absolute Gasteiger partial charge is 0.286 e. The highest BCUT2D eigenvalue weighted by Crippen LogP contribution is 2.38. The van der Waals surface area contributed by atoms with E-state index >= 15 is 0 Å². The summed E-state index contributed by atoms with van der Waals surface area (Å²) in [5, 5.41) is 11.9. The lowest BCUT2D eigenvalue weighted by molar-refractivity contribution is -0.146. The van der Waals surface area contributed by atoms with Crippen molar-refractivity contribution in [2.45, 2.75) is 38.0 Å². The second-order valence-electron chi connectivity index (χ2n) is 8.22. The molecule has 9 nitrogen and oxygen atoms in total. The van der Waals surface area contributed by atoms with Gasteiger partial charge in [0.15, 0.2) is 17.3 Å². The maximum Gasteiger partial charge on any atom is 0.286 e. The van der Waals surface area contributed by atoms with Crippen LogP contribution in [0.3, 0.4) is 0 Å². The molecular formula is C25H27N3O6. The zero-order valence-electron chi connectivity index (χ0n) is 18.7. The molecular weight excluding hydrogens is 438 g/mol. The number of allylic oxidation sites excluding steroid dienone is 1. The van der Waals surface area contributed by atoms with E-state index in [1.54, 1.807) is 0 Å². The summed E-state index contributed by atoms with van der Waals surface area (Å²) in [4.78, 5) is 20.7. The number of hydrogen-bond acceptors (Lipinski definition) is 7. The summed E-state index contributed by atoms with van der Waals surface area (Å²) in [7, 11) is 0. The lowest BCUT2D eigenvalue weighted by atomic mass is 9.92. The molecule has 1 amide bonds. The van der Waals surface area contributed by atoms with Crippen LogP contribution in [-0.4, -0.2) is 47.3 Å². The Morgan fingerprint density at radius 2 is 2.06 bits per heavy atom. The van der Waals surface area contributed by atoms with Gasteiger partial charge in [0.1, 0.15) is 5.82 Å². The number of unbranched alkanes of at least 4 members (excludes halogenated alkanes) is 1. The first kappa shape index (κ1) is 22.2. The number of hydrogen-bond donors (Lipinski definition) is 3. The predicted molar refractivity (Wildman–Crippen MR) is 123 cm³/mol. The molecule has 34 heavy (non-hydrogen) atoms. The maximum absolute atomic E-state index is 13.0. The highest BCUT2D eigenvalue weighted by atomic mass is 16.7. The van der Waals surface area contributed by atoms with Crippen LogP contribution in [0.25, 0.3) is 11.0 Å². The number of para-hydroxylation sites is 2. The summed E-state index contributed by atoms with van der Waals surface area (Å²) < 4.78 is 22.7. The van der Waals surface area contributed by atoms with Gasteiger partial charge in [-0.25, -0.2) is 4.98 Å². The van der Waals surface area contributed by atoms with Crippen LogP contribution in [0.1, 0.15) is 36.6 Å². The van der Waals surface area contributed by atoms with Crippen LogP contribution >= 0.6 is 0 Å². The van der Waals surface area contributed by atoms with Gasteiger partial charge < -0.3 is 34.4 Å². The summed E-state index contributed by atoms with van der Waals surface area (Å²) in [6, 6.07) is 13.5. The quantitative estimate of drug-likeness (QED) is 0.416. The topological polar surface area (TPSA) is 115 Å². The highest BCUT2D eigenvalue weighted by molar-refractivity contribution is 5.91. The fourth-order valence-corrected chi connectivity index (χ4v) is 4.06. The van der Waals surface area contributed by atoms with Crippen LogP contribution in [0.15, 0.2) is 54.3 Å². The van der Waals surface area contributed by atoms with E-state index in [0.29, 0.717) is 43.2 Å². The van der Waals surface area contributed by atoms with Gasteiger partial charge in [-0.05, 0) is 48.7 Å². The van der Waals surface area contributed by atoms with E-state index in [1.807, 2.05) is 48.5 Å². The molecule has 2 atom stereocenters. The number of fused-ring (bicyclic) bond motifs is 2. The molecule has 5 rings (SSSR count). The molecule has 2 aromatic carbocycles. The van der Waals surface area contributed by atoms with Crippen molar-refractivity contribution in [1.82, 2.24) is 15.3 Å². The van der Waals surface area contributed by atoms with E-state index in [9.17, 15) is 4.79 Å². The Bertz CT molecular complexity index is 1160. The standard InChI is InChI=1S/C25H27N3O6/c29-9-3-4-10-31-24-13-17(16-7-8-20-21(11-16)33-15-32-20)12-22(34-24)25(30)26-14-23-27-18-5-1-2-6-19(18)28-23/h1-2,5-8,11-12,17,24,29H,3-4,9-10,13-15H2,(H,26,30)(H,27,28)/t17-,24+/m0/s1. The van der Waals surface area contributed by atoms with Crippen LogP contribution in [0, 0.1) is 0 Å². The molecule has 9 heteroatoms. The largest absolute Gasteiger partial charge is 0.459 e. The number of nitrogens with zero attached hydrogens (tertiary/aromatic N) is 1. The molecule has 0 fully saturated rings. The third kappa shape index (κ3) is 5.00. The summed E-state index contributed by atoms with van der Waals surface area (Å²) in [5.41, 5.74) is 2.75. The average molecular weight is 466 g/mol. The van der Waals surface area contributed by atoms with Crippen LogP contribution < -0.4 is 14.8 Å². The van der Waals surface area contributed by atoms with Crippen LogP contribution in [0.5, 0.6) is 11.5 Å². The van der Waals surface area contributed by atoms with Gasteiger partial charge >= 0.3 is 0 Å². The number of rotatable bonds is 9. The molecule has 2 aliphatic heterocycles. The number of nitrogens with one attached hydrogen (secondary N) is 2. The normalized spacial score (nSPS) is 19.0. The molecule has 0 bridgehead atoms. The van der Waals surface area contributed by atoms with Gasteiger partial charge in [0.25, 0.3) is 5.91 Å². The van der Waals surface area contributed by atoms with Crippen molar-refractivity contribution < 1.29 is 28.8 Å². The zero-order chi connectivity index (χ0) is 23.3. The van der Waals surface area contributed by atoms with E-state index in [2.05, 4.69) is 15.3 Å². The highest BCUT2D eigenvalue weighted by Gasteiger charge is 2.29. The Labute approximate surface area is 196 Å². The Balaban J connectivity index is 1.30. The van der Waals surface area contributed by atoms with E-state index in [1.165, 1.54) is 0 Å². The van der Waals surface area contributed by atoms with Gasteiger partial charge in [-0.15, -0.1) is 0 Å². The monoisotopic (exact) mass is 465 g/mol. The molecule has 0 aliphatic carbocycles. The first-order chi connectivity index (χ1) is 16.7. The summed E-state index contributed by atoms with van der Waals surface area (Å²) in [5.74, 6) is 1.83. The van der Waals surface area contributed by atoms with E-state index < -0.39 is 6.29 Å². The van der Waals surface area contributed by atoms with Crippen LogP contribution in [0.2, 0.25) is 0 Å². The Morgan fingerprint density at radius 3 is 2.94 bits per heavy atom. The summed E-state index contributed by atoms with van der Waals surface area (Å²) in [6.45, 7) is 0.996. The van der Waals surface area contributed by atoms with E-state index in [0.717, 1.165) is 16.6 Å². The number of carbonyl (C=O) groups is 1. The molecule has 3 N–H and O–H groups in total. The van der Waals surface area contributed by atoms with Crippen molar-refractivity contribution in [2.75, 3.05) is 20.0 Å². The Kier molecular flexibility index (Phi) is 6.64. The molecule has 0 saturated heterocycles. The van der Waals surface area contributed by atoms with Gasteiger partial charge in [-0.1, -0.05) is 18.2 Å². The lowest BCUT2D eigenvalue weighted by Crippen LogP contribution is -2.33. The minimum absolute atomic E-state index is 0.0990. The van der Waals surface area contributed by atoms with Crippen LogP contribution in [-0.2, 0) is 20.8 Å². The molecule has 0 spiro atoms. The van der Waals surface area contributed by atoms with Crippen molar-refractivity contribution in [3.05, 3.63) is 65.7 Å². The van der Waals surface area contributed by atoms with Crippen molar-refractivity contribution in [1.29, 1.82) is 0 Å². The first-order valence-corrected chi connectivity index (χ1v) is 11.4. The van der Waals surface area contributed by atoms with Crippen molar-refractivity contribution in [2.24, 2.45) is 0 Å². The second-order valence-corrected chi connectivity index (χ2v) is 8.22. The van der Waals surface area contributed by atoms with Gasteiger partial charge in [0, 0.05) is 18.9 Å². The first-order valence-electron chi connectivity index (χ1n) is 11.4. The molecule has 0 saturated carbocycles. The predicted octanol–water partition coefficient (Wildman–Crippen LogP) is 3.11. The number of H-pyrrole nitrogens is 1. The number of imidazole rings is 1. The molecule has 178 valence electrons. The lowest BCUT2D eigenvalue weighted by Gasteiger charge is -2.29. The molecule has 2 aliphatic rings. The van der Waals surface area contributed by atoms with Gasteiger partial charge in [-0.2, -0.15) is 0 Å². The number of aliphatic hydroxyl groups excluding tert-OH is 1. The molecule has 3 aromatic rings. The van der Waals surface area contributed by atoms with Crippen LogP contribution in [0.4, 0.5) is 0 Å². The Morgan fingerprint density at radius 1 is 1.18 bits per heavy atom. The molecule has 3 heterocycles. The number of aromatic nitrogens is 2. The zero-order valence-corrected chi connectivity index (χ0v) is 18.7. The molecule has 0 radical (unpaired) electrons. The number of ether oxygens (including phenoxy) is 4. The third-order valence-corrected chi connectivity index (χ3v) is 5.82. The second kappa shape index (κ2) is 10.1. The van der Waals surface area contributed by atoms with Crippen molar-refractivity contribution in [3.8, 4) is 11.5 Å². The minimum Gasteiger partial charge on any atom is -0.459 e. The minimum atomic E-state index is -0.578. The number of amides is 1. The molecule has 0 unspecified atom stereocenters. The number of benzene rings is 2. The maximum atomic E-state index is 13.0. The number of aromatic amines is 1. The van der Waals surface area contributed by atoms with Crippen molar-refractivity contribution in [3.63, 3.8) is 0 Å².